The number of hydrogen-bond acceptors (Lipinski definition) is 5. The van der Waals surface area contributed by atoms with Crippen LogP contribution < -0.4 is 10.1 Å². The summed E-state index contributed by atoms with van der Waals surface area (Å²) in [4.78, 5) is 2.18. The molecular formula is C15H24N2O3S. The molecule has 1 aromatic rings. The summed E-state index contributed by atoms with van der Waals surface area (Å²) in [6, 6.07) is 8.10. The minimum atomic E-state index is -2.84. The third kappa shape index (κ3) is 4.98. The van der Waals surface area contributed by atoms with E-state index in [0.29, 0.717) is 13.2 Å². The van der Waals surface area contributed by atoms with Crippen LogP contribution in [0, 0.1) is 0 Å². The molecule has 1 fully saturated rings. The Kier molecular flexibility index (Phi) is 5.61. The second-order valence-corrected chi connectivity index (χ2v) is 7.75. The quantitative estimate of drug-likeness (QED) is 0.846. The van der Waals surface area contributed by atoms with Crippen molar-refractivity contribution in [3.8, 4) is 5.75 Å². The molecule has 0 radical (unpaired) electrons. The lowest BCUT2D eigenvalue weighted by Gasteiger charge is -2.32. The van der Waals surface area contributed by atoms with Crippen LogP contribution in [0.2, 0.25) is 0 Å². The molecule has 0 aliphatic carbocycles. The summed E-state index contributed by atoms with van der Waals surface area (Å²) in [5.41, 5.74) is 1.22. The zero-order valence-corrected chi connectivity index (χ0v) is 13.5. The predicted molar refractivity (Wildman–Crippen MR) is 84.4 cm³/mol. The maximum absolute atomic E-state index is 11.5. The van der Waals surface area contributed by atoms with E-state index in [9.17, 15) is 8.42 Å². The van der Waals surface area contributed by atoms with Crippen molar-refractivity contribution in [2.45, 2.75) is 19.5 Å². The number of benzene rings is 1. The molecule has 0 amide bonds. The fraction of sp³-hybridized carbons (Fsp3) is 0.600. The molecule has 1 saturated heterocycles. The van der Waals surface area contributed by atoms with Gasteiger partial charge < -0.3 is 10.1 Å². The number of ether oxygens (including phenoxy) is 1. The number of nitrogens with zero attached hydrogens (tertiary/aromatic N) is 1. The van der Waals surface area contributed by atoms with Gasteiger partial charge in [0.15, 0.2) is 9.84 Å². The first kappa shape index (κ1) is 16.3. The SMILES string of the molecule is CNCc1ccc(OCCN2CCS(=O)(=O)CC2C)cc1. The van der Waals surface area contributed by atoms with Crippen molar-refractivity contribution >= 4 is 9.84 Å². The highest BCUT2D eigenvalue weighted by atomic mass is 32.2. The lowest BCUT2D eigenvalue weighted by molar-refractivity contribution is 0.179. The van der Waals surface area contributed by atoms with Crippen LogP contribution in [-0.4, -0.2) is 57.6 Å². The van der Waals surface area contributed by atoms with E-state index in [-0.39, 0.29) is 17.5 Å². The standard InChI is InChI=1S/C15H24N2O3S/c1-13-12-21(18,19)10-8-17(13)7-9-20-15-5-3-14(4-6-15)11-16-2/h3-6,13,16H,7-12H2,1-2H3. The number of nitrogens with one attached hydrogen (secondary N) is 1. The van der Waals surface area contributed by atoms with Gasteiger partial charge in [0, 0.05) is 25.7 Å². The van der Waals surface area contributed by atoms with Crippen LogP contribution in [-0.2, 0) is 16.4 Å². The van der Waals surface area contributed by atoms with Crippen LogP contribution in [0.4, 0.5) is 0 Å². The first-order chi connectivity index (χ1) is 10.00. The predicted octanol–water partition coefficient (Wildman–Crippen LogP) is 0.904. The molecule has 2 rings (SSSR count). The fourth-order valence-corrected chi connectivity index (χ4v) is 4.18. The van der Waals surface area contributed by atoms with E-state index >= 15 is 0 Å². The zero-order valence-electron chi connectivity index (χ0n) is 12.7. The molecular weight excluding hydrogens is 288 g/mol. The molecule has 1 aliphatic heterocycles. The van der Waals surface area contributed by atoms with Crippen LogP contribution >= 0.6 is 0 Å². The monoisotopic (exact) mass is 312 g/mol. The average Bonchev–Trinajstić information content (AvgIpc) is 2.43. The molecule has 0 bridgehead atoms. The van der Waals surface area contributed by atoms with Gasteiger partial charge in [-0.1, -0.05) is 12.1 Å². The third-order valence-corrected chi connectivity index (χ3v) is 5.55. The average molecular weight is 312 g/mol. The molecule has 0 spiro atoms. The summed E-state index contributed by atoms with van der Waals surface area (Å²) in [7, 11) is -0.920. The summed E-state index contributed by atoms with van der Waals surface area (Å²) >= 11 is 0. The Morgan fingerprint density at radius 3 is 2.67 bits per heavy atom. The fourth-order valence-electron chi connectivity index (χ4n) is 2.55. The Morgan fingerprint density at radius 2 is 2.05 bits per heavy atom. The Hall–Kier alpha value is -1.11. The van der Waals surface area contributed by atoms with E-state index in [4.69, 9.17) is 4.74 Å². The van der Waals surface area contributed by atoms with Gasteiger partial charge in [-0.15, -0.1) is 0 Å². The van der Waals surface area contributed by atoms with Crippen molar-refractivity contribution in [3.63, 3.8) is 0 Å². The van der Waals surface area contributed by atoms with Crippen molar-refractivity contribution in [1.29, 1.82) is 0 Å². The van der Waals surface area contributed by atoms with Crippen LogP contribution in [0.25, 0.3) is 0 Å². The lowest BCUT2D eigenvalue weighted by atomic mass is 10.2. The summed E-state index contributed by atoms with van der Waals surface area (Å²) in [6.45, 7) is 4.75. The minimum absolute atomic E-state index is 0.0744. The molecule has 1 atom stereocenters. The maximum Gasteiger partial charge on any atom is 0.153 e. The molecule has 6 heteroatoms. The summed E-state index contributed by atoms with van der Waals surface area (Å²) in [5, 5.41) is 3.10. The van der Waals surface area contributed by atoms with Gasteiger partial charge in [-0.3, -0.25) is 4.90 Å². The van der Waals surface area contributed by atoms with Crippen molar-refractivity contribution < 1.29 is 13.2 Å². The van der Waals surface area contributed by atoms with E-state index in [0.717, 1.165) is 18.8 Å². The van der Waals surface area contributed by atoms with Crippen LogP contribution in [0.3, 0.4) is 0 Å². The molecule has 118 valence electrons. The zero-order chi connectivity index (χ0) is 15.3. The van der Waals surface area contributed by atoms with Gasteiger partial charge >= 0.3 is 0 Å². The van der Waals surface area contributed by atoms with E-state index in [1.165, 1.54) is 5.56 Å². The Labute approximate surface area is 127 Å². The highest BCUT2D eigenvalue weighted by Crippen LogP contribution is 2.14. The third-order valence-electron chi connectivity index (χ3n) is 3.76. The number of hydrogen-bond donors (Lipinski definition) is 1. The lowest BCUT2D eigenvalue weighted by Crippen LogP contribution is -2.48. The molecule has 5 nitrogen and oxygen atoms in total. The van der Waals surface area contributed by atoms with E-state index in [1.807, 2.05) is 38.2 Å². The Balaban J connectivity index is 1.76. The summed E-state index contributed by atoms with van der Waals surface area (Å²) in [5.74, 6) is 1.37. The smallest absolute Gasteiger partial charge is 0.153 e. The van der Waals surface area contributed by atoms with Crippen LogP contribution in [0.5, 0.6) is 5.75 Å². The first-order valence-electron chi connectivity index (χ1n) is 7.31. The first-order valence-corrected chi connectivity index (χ1v) is 9.13. The van der Waals surface area contributed by atoms with Gasteiger partial charge in [-0.25, -0.2) is 8.42 Å². The second-order valence-electron chi connectivity index (χ2n) is 5.52. The second kappa shape index (κ2) is 7.24. The largest absolute Gasteiger partial charge is 0.492 e. The van der Waals surface area contributed by atoms with E-state index in [1.54, 1.807) is 0 Å². The number of rotatable bonds is 6. The number of sulfone groups is 1. The maximum atomic E-state index is 11.5. The van der Waals surface area contributed by atoms with E-state index in [2.05, 4.69) is 10.2 Å². The van der Waals surface area contributed by atoms with Crippen molar-refractivity contribution in [1.82, 2.24) is 10.2 Å². The summed E-state index contributed by atoms with van der Waals surface area (Å²) in [6.07, 6.45) is 0. The van der Waals surface area contributed by atoms with Gasteiger partial charge in [0.05, 0.1) is 11.5 Å². The topological polar surface area (TPSA) is 58.6 Å². The van der Waals surface area contributed by atoms with Gasteiger partial charge in [0.2, 0.25) is 0 Å². The van der Waals surface area contributed by atoms with Gasteiger partial charge in [-0.2, -0.15) is 0 Å². The highest BCUT2D eigenvalue weighted by Gasteiger charge is 2.27. The molecule has 1 unspecified atom stereocenters. The van der Waals surface area contributed by atoms with Crippen molar-refractivity contribution in [3.05, 3.63) is 29.8 Å². The minimum Gasteiger partial charge on any atom is -0.492 e. The van der Waals surface area contributed by atoms with E-state index < -0.39 is 9.84 Å². The normalized spacial score (nSPS) is 22.1. The molecule has 0 saturated carbocycles. The molecule has 1 aliphatic rings. The van der Waals surface area contributed by atoms with Gasteiger partial charge in [0.1, 0.15) is 12.4 Å². The molecule has 1 N–H and O–H groups in total. The molecule has 0 aromatic heterocycles. The Morgan fingerprint density at radius 1 is 1.33 bits per heavy atom. The van der Waals surface area contributed by atoms with Gasteiger partial charge in [-0.05, 0) is 31.7 Å². The Bertz CT molecular complexity index is 543. The van der Waals surface area contributed by atoms with Gasteiger partial charge in [0.25, 0.3) is 0 Å². The van der Waals surface area contributed by atoms with Crippen LogP contribution in [0.1, 0.15) is 12.5 Å². The van der Waals surface area contributed by atoms with Crippen molar-refractivity contribution in [2.75, 3.05) is 38.2 Å². The summed E-state index contributed by atoms with van der Waals surface area (Å²) < 4.78 is 28.8. The molecule has 1 aromatic carbocycles. The highest BCUT2D eigenvalue weighted by molar-refractivity contribution is 7.91. The molecule has 1 heterocycles. The molecule has 21 heavy (non-hydrogen) atoms. The van der Waals surface area contributed by atoms with Crippen LogP contribution in [0.15, 0.2) is 24.3 Å². The van der Waals surface area contributed by atoms with Crippen molar-refractivity contribution in [2.24, 2.45) is 0 Å².